The van der Waals surface area contributed by atoms with E-state index in [1.165, 1.54) is 7.11 Å². The number of nitrogens with one attached hydrogen (secondary N) is 1. The quantitative estimate of drug-likeness (QED) is 0.363. The highest BCUT2D eigenvalue weighted by atomic mass is 79.9. The summed E-state index contributed by atoms with van der Waals surface area (Å²) in [5, 5.41) is 14.8. The van der Waals surface area contributed by atoms with E-state index in [-0.39, 0.29) is 5.56 Å². The smallest absolute Gasteiger partial charge is 0.416 e. The lowest BCUT2D eigenvalue weighted by molar-refractivity contribution is -0.385. The fourth-order valence-corrected chi connectivity index (χ4v) is 3.46. The van der Waals surface area contributed by atoms with Crippen molar-refractivity contribution in [3.63, 3.8) is 0 Å². The number of fused-ring (bicyclic) bond motifs is 1. The predicted molar refractivity (Wildman–Crippen MR) is 109 cm³/mol. The van der Waals surface area contributed by atoms with E-state index in [1.54, 1.807) is 26.0 Å². The van der Waals surface area contributed by atoms with E-state index in [9.17, 15) is 23.3 Å². The Hall–Kier alpha value is -2.95. The van der Waals surface area contributed by atoms with E-state index in [2.05, 4.69) is 31.2 Å². The third-order valence-electron chi connectivity index (χ3n) is 4.41. The Kier molecular flexibility index (Phi) is 5.84. The van der Waals surface area contributed by atoms with Gasteiger partial charge in [-0.05, 0) is 47.5 Å². The van der Waals surface area contributed by atoms with Crippen LogP contribution in [-0.2, 0) is 6.18 Å². The standard InChI is InChI=1S/C19H16BrF3N4O3/c1-9(11-4-12(19(21,22)23)6-13(5-11)27(28)29)24-18-14-7-15(20)17(30-3)8-16(14)25-10(2)26-18/h4-9H,1-3H3,(H,24,25,26)/t9-/m1/s1. The molecule has 0 bridgehead atoms. The number of methoxy groups -OCH3 is 1. The highest BCUT2D eigenvalue weighted by molar-refractivity contribution is 9.10. The lowest BCUT2D eigenvalue weighted by atomic mass is 10.0. The van der Waals surface area contributed by atoms with Gasteiger partial charge in [-0.2, -0.15) is 13.2 Å². The van der Waals surface area contributed by atoms with Crippen LogP contribution in [0.3, 0.4) is 0 Å². The fraction of sp³-hybridized carbons (Fsp3) is 0.263. The van der Waals surface area contributed by atoms with E-state index >= 15 is 0 Å². The molecule has 0 fully saturated rings. The first-order valence-electron chi connectivity index (χ1n) is 8.64. The fourth-order valence-electron chi connectivity index (χ4n) is 2.95. The average molecular weight is 485 g/mol. The molecule has 3 rings (SSSR count). The molecular formula is C19H16BrF3N4O3. The molecule has 1 heterocycles. The number of halogens is 4. The minimum atomic E-state index is -4.71. The summed E-state index contributed by atoms with van der Waals surface area (Å²) in [4.78, 5) is 19.0. The van der Waals surface area contributed by atoms with Crippen LogP contribution in [0, 0.1) is 17.0 Å². The van der Waals surface area contributed by atoms with Crippen molar-refractivity contribution in [3.8, 4) is 5.75 Å². The number of alkyl halides is 3. The Morgan fingerprint density at radius 3 is 2.50 bits per heavy atom. The predicted octanol–water partition coefficient (Wildman–Crippen LogP) is 5.81. The molecule has 3 aromatic rings. The molecule has 11 heteroatoms. The summed E-state index contributed by atoms with van der Waals surface area (Å²) in [7, 11) is 1.52. The molecular weight excluding hydrogens is 469 g/mol. The second kappa shape index (κ2) is 8.05. The van der Waals surface area contributed by atoms with Gasteiger partial charge in [-0.1, -0.05) is 0 Å². The van der Waals surface area contributed by atoms with Crippen molar-refractivity contribution < 1.29 is 22.8 Å². The molecule has 0 aliphatic rings. The van der Waals surface area contributed by atoms with Gasteiger partial charge in [-0.15, -0.1) is 0 Å². The Labute approximate surface area is 177 Å². The monoisotopic (exact) mass is 484 g/mol. The first kappa shape index (κ1) is 21.8. The van der Waals surface area contributed by atoms with Gasteiger partial charge in [0.15, 0.2) is 0 Å². The minimum absolute atomic E-state index is 0.105. The van der Waals surface area contributed by atoms with Gasteiger partial charge in [0.1, 0.15) is 17.4 Å². The van der Waals surface area contributed by atoms with Gasteiger partial charge in [-0.3, -0.25) is 10.1 Å². The second-order valence-corrected chi connectivity index (χ2v) is 7.41. The molecule has 7 nitrogen and oxygen atoms in total. The van der Waals surface area contributed by atoms with Crippen molar-refractivity contribution in [2.75, 3.05) is 12.4 Å². The zero-order valence-electron chi connectivity index (χ0n) is 16.0. The number of hydrogen-bond acceptors (Lipinski definition) is 6. The highest BCUT2D eigenvalue weighted by Crippen LogP contribution is 2.36. The number of benzene rings is 2. The third-order valence-corrected chi connectivity index (χ3v) is 5.03. The molecule has 0 spiro atoms. The molecule has 2 aromatic carbocycles. The molecule has 1 N–H and O–H groups in total. The number of nitro groups is 1. The van der Waals surface area contributed by atoms with Crippen molar-refractivity contribution in [3.05, 3.63) is 61.9 Å². The Bertz CT molecular complexity index is 1140. The van der Waals surface area contributed by atoms with Crippen molar-refractivity contribution in [1.82, 2.24) is 9.97 Å². The maximum atomic E-state index is 13.2. The first-order chi connectivity index (χ1) is 14.0. The average Bonchev–Trinajstić information content (AvgIpc) is 2.66. The Balaban J connectivity index is 2.07. The molecule has 0 saturated heterocycles. The van der Waals surface area contributed by atoms with E-state index in [0.29, 0.717) is 38.8 Å². The zero-order chi connectivity index (χ0) is 22.2. The Morgan fingerprint density at radius 1 is 1.20 bits per heavy atom. The summed E-state index contributed by atoms with van der Waals surface area (Å²) in [5.74, 6) is 1.39. The topological polar surface area (TPSA) is 90.2 Å². The second-order valence-electron chi connectivity index (χ2n) is 6.56. The molecule has 1 aromatic heterocycles. The summed E-state index contributed by atoms with van der Waals surface area (Å²) in [6, 6.07) is 5.26. The molecule has 0 aliphatic carbocycles. The van der Waals surface area contributed by atoms with Crippen LogP contribution in [0.1, 0.15) is 29.9 Å². The van der Waals surface area contributed by atoms with Crippen molar-refractivity contribution >= 4 is 38.3 Å². The maximum Gasteiger partial charge on any atom is 0.416 e. The van der Waals surface area contributed by atoms with Crippen LogP contribution in [0.4, 0.5) is 24.7 Å². The van der Waals surface area contributed by atoms with Gasteiger partial charge >= 0.3 is 6.18 Å². The summed E-state index contributed by atoms with van der Waals surface area (Å²) in [6.07, 6.45) is -4.71. The number of hydrogen-bond donors (Lipinski definition) is 1. The Morgan fingerprint density at radius 2 is 1.90 bits per heavy atom. The number of nitrogens with zero attached hydrogens (tertiary/aromatic N) is 3. The van der Waals surface area contributed by atoms with Crippen LogP contribution in [0.15, 0.2) is 34.8 Å². The molecule has 1 atom stereocenters. The number of aryl methyl sites for hydroxylation is 1. The number of anilines is 1. The summed E-state index contributed by atoms with van der Waals surface area (Å²) >= 11 is 3.39. The minimum Gasteiger partial charge on any atom is -0.495 e. The van der Waals surface area contributed by atoms with E-state index in [4.69, 9.17) is 4.74 Å². The SMILES string of the molecule is COc1cc2nc(C)nc(N[C@H](C)c3cc([N+](=O)[O-])cc(C(F)(F)F)c3)c2cc1Br. The molecule has 0 aliphatic heterocycles. The lowest BCUT2D eigenvalue weighted by Crippen LogP contribution is -2.12. The molecule has 0 saturated carbocycles. The van der Waals surface area contributed by atoms with E-state index in [0.717, 1.165) is 12.1 Å². The van der Waals surface area contributed by atoms with Crippen molar-refractivity contribution in [2.24, 2.45) is 0 Å². The van der Waals surface area contributed by atoms with Crippen LogP contribution < -0.4 is 10.1 Å². The first-order valence-corrected chi connectivity index (χ1v) is 9.44. The molecule has 0 unspecified atom stereocenters. The van der Waals surface area contributed by atoms with E-state index < -0.39 is 28.4 Å². The van der Waals surface area contributed by atoms with Gasteiger partial charge < -0.3 is 10.1 Å². The van der Waals surface area contributed by atoms with Crippen molar-refractivity contribution in [1.29, 1.82) is 0 Å². The zero-order valence-corrected chi connectivity index (χ0v) is 17.6. The largest absolute Gasteiger partial charge is 0.495 e. The van der Waals surface area contributed by atoms with Gasteiger partial charge in [-0.25, -0.2) is 9.97 Å². The van der Waals surface area contributed by atoms with Crippen LogP contribution in [-0.4, -0.2) is 22.0 Å². The number of aromatic nitrogens is 2. The van der Waals surface area contributed by atoms with Crippen LogP contribution in [0.5, 0.6) is 5.75 Å². The maximum absolute atomic E-state index is 13.2. The van der Waals surface area contributed by atoms with Gasteiger partial charge in [0.25, 0.3) is 5.69 Å². The highest BCUT2D eigenvalue weighted by Gasteiger charge is 2.33. The molecule has 30 heavy (non-hydrogen) atoms. The van der Waals surface area contributed by atoms with Gasteiger partial charge in [0.2, 0.25) is 0 Å². The molecule has 0 radical (unpaired) electrons. The normalized spacial score (nSPS) is 12.6. The lowest BCUT2D eigenvalue weighted by Gasteiger charge is -2.18. The summed E-state index contributed by atoms with van der Waals surface area (Å²) in [5.41, 5.74) is -1.04. The van der Waals surface area contributed by atoms with Crippen molar-refractivity contribution in [2.45, 2.75) is 26.1 Å². The number of non-ortho nitro benzene ring substituents is 1. The summed E-state index contributed by atoms with van der Waals surface area (Å²) < 4.78 is 45.5. The van der Waals surface area contributed by atoms with E-state index in [1.807, 2.05) is 0 Å². The molecule has 0 amide bonds. The number of nitro benzene ring substituents is 1. The van der Waals surface area contributed by atoms with Gasteiger partial charge in [0, 0.05) is 23.6 Å². The van der Waals surface area contributed by atoms with Crippen LogP contribution >= 0.6 is 15.9 Å². The number of rotatable bonds is 5. The molecule has 158 valence electrons. The number of ether oxygens (including phenoxy) is 1. The van der Waals surface area contributed by atoms with Crippen LogP contribution in [0.2, 0.25) is 0 Å². The summed E-state index contributed by atoms with van der Waals surface area (Å²) in [6.45, 7) is 3.28. The van der Waals surface area contributed by atoms with Crippen LogP contribution in [0.25, 0.3) is 10.9 Å². The van der Waals surface area contributed by atoms with Gasteiger partial charge in [0.05, 0.1) is 33.6 Å². The third kappa shape index (κ3) is 4.45.